The van der Waals surface area contributed by atoms with E-state index in [0.717, 1.165) is 39.7 Å². The molecule has 166 valence electrons. The van der Waals surface area contributed by atoms with Crippen LogP contribution in [0.5, 0.6) is 0 Å². The molecule has 5 rings (SSSR count). The van der Waals surface area contributed by atoms with Crippen molar-refractivity contribution in [1.82, 2.24) is 19.9 Å². The highest BCUT2D eigenvalue weighted by molar-refractivity contribution is 7.80. The van der Waals surface area contributed by atoms with Crippen molar-refractivity contribution in [3.05, 3.63) is 107 Å². The molecule has 33 heavy (non-hydrogen) atoms. The summed E-state index contributed by atoms with van der Waals surface area (Å²) in [5.74, 6) is 0.594. The van der Waals surface area contributed by atoms with Crippen LogP contribution in [0.1, 0.15) is 40.3 Å². The smallest absolute Gasteiger partial charge is 0.174 e. The number of hydrogen-bond donors (Lipinski definition) is 1. The first-order chi connectivity index (χ1) is 15.9. The van der Waals surface area contributed by atoms with E-state index in [-0.39, 0.29) is 17.9 Å². The van der Waals surface area contributed by atoms with E-state index in [0.29, 0.717) is 5.11 Å². The number of rotatable bonds is 4. The van der Waals surface area contributed by atoms with Crippen molar-refractivity contribution >= 4 is 23.0 Å². The van der Waals surface area contributed by atoms with Gasteiger partial charge < -0.3 is 14.8 Å². The number of nitrogens with zero attached hydrogens (tertiary/aromatic N) is 4. The molecule has 0 aliphatic carbocycles. The van der Waals surface area contributed by atoms with Crippen molar-refractivity contribution in [1.29, 1.82) is 0 Å². The van der Waals surface area contributed by atoms with Crippen molar-refractivity contribution in [2.75, 3.05) is 4.90 Å². The molecule has 5 nitrogen and oxygen atoms in total. The molecule has 1 saturated heterocycles. The number of aromatic nitrogens is 3. The van der Waals surface area contributed by atoms with Gasteiger partial charge in [-0.1, -0.05) is 12.1 Å². The fourth-order valence-corrected chi connectivity index (χ4v) is 4.93. The second-order valence-electron chi connectivity index (χ2n) is 8.33. The first-order valence-corrected chi connectivity index (χ1v) is 11.2. The van der Waals surface area contributed by atoms with Gasteiger partial charge in [-0.05, 0) is 92.6 Å². The lowest BCUT2D eigenvalue weighted by atomic mass is 9.96. The highest BCUT2D eigenvalue weighted by atomic mass is 32.1. The average molecular weight is 458 g/mol. The van der Waals surface area contributed by atoms with Crippen LogP contribution in [0.2, 0.25) is 0 Å². The van der Waals surface area contributed by atoms with E-state index < -0.39 is 0 Å². The normalized spacial score (nSPS) is 17.9. The number of benzene rings is 1. The fourth-order valence-electron chi connectivity index (χ4n) is 4.58. The summed E-state index contributed by atoms with van der Waals surface area (Å²) in [6, 6.07) is 18.3. The predicted octanol–water partition coefficient (Wildman–Crippen LogP) is 5.51. The van der Waals surface area contributed by atoms with Gasteiger partial charge in [0.2, 0.25) is 0 Å². The Kier molecular flexibility index (Phi) is 5.42. The van der Waals surface area contributed by atoms with Crippen LogP contribution < -0.4 is 10.2 Å². The molecular formula is C26H24FN5S. The predicted molar refractivity (Wildman–Crippen MR) is 132 cm³/mol. The van der Waals surface area contributed by atoms with Gasteiger partial charge in [0.05, 0.1) is 17.8 Å². The highest BCUT2D eigenvalue weighted by Crippen LogP contribution is 2.43. The minimum atomic E-state index is -0.279. The van der Waals surface area contributed by atoms with Gasteiger partial charge in [-0.15, -0.1) is 0 Å². The zero-order valence-corrected chi connectivity index (χ0v) is 19.5. The monoisotopic (exact) mass is 457 g/mol. The second kappa shape index (κ2) is 8.41. The molecule has 1 N–H and O–H groups in total. The molecule has 1 fully saturated rings. The van der Waals surface area contributed by atoms with Gasteiger partial charge in [0, 0.05) is 29.5 Å². The minimum Gasteiger partial charge on any atom is -0.351 e. The van der Waals surface area contributed by atoms with Crippen molar-refractivity contribution in [3.8, 4) is 5.82 Å². The Bertz CT molecular complexity index is 1300. The summed E-state index contributed by atoms with van der Waals surface area (Å²) in [6.07, 6.45) is 3.67. The van der Waals surface area contributed by atoms with Gasteiger partial charge in [0.1, 0.15) is 11.6 Å². The van der Waals surface area contributed by atoms with Gasteiger partial charge in [0.25, 0.3) is 0 Å². The van der Waals surface area contributed by atoms with Crippen LogP contribution in [0, 0.1) is 26.6 Å². The first-order valence-electron chi connectivity index (χ1n) is 10.8. The van der Waals surface area contributed by atoms with Gasteiger partial charge in [-0.3, -0.25) is 4.98 Å². The van der Waals surface area contributed by atoms with Crippen molar-refractivity contribution < 1.29 is 4.39 Å². The molecule has 0 spiro atoms. The number of hydrogen-bond acceptors (Lipinski definition) is 3. The summed E-state index contributed by atoms with van der Waals surface area (Å²) < 4.78 is 15.8. The number of pyridine rings is 2. The molecule has 1 aliphatic rings. The molecule has 4 heterocycles. The molecule has 0 unspecified atom stereocenters. The maximum absolute atomic E-state index is 13.7. The first kappa shape index (κ1) is 21.3. The maximum Gasteiger partial charge on any atom is 0.174 e. The number of nitrogens with one attached hydrogen (secondary N) is 1. The summed E-state index contributed by atoms with van der Waals surface area (Å²) in [6.45, 7) is 6.21. The standard InChI is InChI=1S/C26H24FN5S/c1-16-7-12-23(29-15-16)31-17(2)14-21(18(31)3)25-24(22-6-4-5-13-28-22)30-26(33)32(25)20-10-8-19(27)9-11-20/h4-15,24-25H,1-3H3,(H,30,33)/t24-,25+/m0/s1. The topological polar surface area (TPSA) is 46.0 Å². The molecule has 1 aromatic carbocycles. The molecule has 2 atom stereocenters. The molecule has 3 aromatic heterocycles. The third kappa shape index (κ3) is 3.78. The third-order valence-electron chi connectivity index (χ3n) is 6.12. The quantitative estimate of drug-likeness (QED) is 0.410. The van der Waals surface area contributed by atoms with Gasteiger partial charge in [-0.25, -0.2) is 9.37 Å². The highest BCUT2D eigenvalue weighted by Gasteiger charge is 2.42. The zero-order valence-electron chi connectivity index (χ0n) is 18.7. The lowest BCUT2D eigenvalue weighted by Gasteiger charge is -2.28. The minimum absolute atomic E-state index is 0.163. The van der Waals surface area contributed by atoms with E-state index in [2.05, 4.69) is 50.7 Å². The van der Waals surface area contributed by atoms with E-state index in [4.69, 9.17) is 12.2 Å². The zero-order chi connectivity index (χ0) is 23.1. The van der Waals surface area contributed by atoms with Crippen molar-refractivity contribution in [3.63, 3.8) is 0 Å². The van der Waals surface area contributed by atoms with Crippen LogP contribution in [0.25, 0.3) is 5.82 Å². The van der Waals surface area contributed by atoms with E-state index in [9.17, 15) is 4.39 Å². The average Bonchev–Trinajstić information content (AvgIpc) is 3.31. The summed E-state index contributed by atoms with van der Waals surface area (Å²) in [5.41, 5.74) is 6.11. The van der Waals surface area contributed by atoms with Crippen LogP contribution in [-0.4, -0.2) is 19.6 Å². The Hall–Kier alpha value is -3.58. The van der Waals surface area contributed by atoms with E-state index in [1.165, 1.54) is 12.1 Å². The van der Waals surface area contributed by atoms with Crippen LogP contribution in [-0.2, 0) is 0 Å². The summed E-state index contributed by atoms with van der Waals surface area (Å²) >= 11 is 5.77. The molecule has 7 heteroatoms. The number of anilines is 1. The van der Waals surface area contributed by atoms with Gasteiger partial charge in [-0.2, -0.15) is 0 Å². The Morgan fingerprint density at radius 2 is 1.76 bits per heavy atom. The Morgan fingerprint density at radius 1 is 0.970 bits per heavy atom. The Balaban J connectivity index is 1.67. The molecule has 0 amide bonds. The molecule has 0 saturated carbocycles. The summed E-state index contributed by atoms with van der Waals surface area (Å²) in [7, 11) is 0. The van der Waals surface area contributed by atoms with Crippen molar-refractivity contribution in [2.24, 2.45) is 0 Å². The van der Waals surface area contributed by atoms with E-state index in [1.54, 1.807) is 18.3 Å². The SMILES string of the molecule is Cc1ccc(-n2c(C)cc([C@@H]3[C@H](c4ccccn4)NC(=S)N3c3ccc(F)cc3)c2C)nc1. The van der Waals surface area contributed by atoms with Crippen LogP contribution >= 0.6 is 12.2 Å². The third-order valence-corrected chi connectivity index (χ3v) is 6.43. The van der Waals surface area contributed by atoms with Crippen LogP contribution in [0.15, 0.2) is 73.1 Å². The van der Waals surface area contributed by atoms with E-state index >= 15 is 0 Å². The largest absolute Gasteiger partial charge is 0.351 e. The van der Waals surface area contributed by atoms with Crippen LogP contribution in [0.4, 0.5) is 10.1 Å². The molecule has 0 radical (unpaired) electrons. The summed E-state index contributed by atoms with van der Waals surface area (Å²) in [5, 5.41) is 4.05. The number of thiocarbonyl (C=S) groups is 1. The lowest BCUT2D eigenvalue weighted by Crippen LogP contribution is -2.29. The Labute approximate surface area is 197 Å². The second-order valence-corrected chi connectivity index (χ2v) is 8.72. The van der Waals surface area contributed by atoms with E-state index in [1.807, 2.05) is 37.4 Å². The summed E-state index contributed by atoms with van der Waals surface area (Å²) in [4.78, 5) is 11.3. The lowest BCUT2D eigenvalue weighted by molar-refractivity contribution is 0.565. The van der Waals surface area contributed by atoms with Gasteiger partial charge >= 0.3 is 0 Å². The van der Waals surface area contributed by atoms with Gasteiger partial charge in [0.15, 0.2) is 5.11 Å². The molecule has 1 aliphatic heterocycles. The maximum atomic E-state index is 13.7. The molecule has 4 aromatic rings. The number of aryl methyl sites for hydroxylation is 2. The van der Waals surface area contributed by atoms with Crippen LogP contribution in [0.3, 0.4) is 0 Å². The van der Waals surface area contributed by atoms with Crippen molar-refractivity contribution in [2.45, 2.75) is 32.9 Å². The molecule has 0 bridgehead atoms. The molecular weight excluding hydrogens is 433 g/mol. The fraction of sp³-hybridized carbons (Fsp3) is 0.192. The number of halogens is 1. The Morgan fingerprint density at radius 3 is 2.42 bits per heavy atom.